The highest BCUT2D eigenvalue weighted by Crippen LogP contribution is 2.31. The molecule has 21 heavy (non-hydrogen) atoms. The summed E-state index contributed by atoms with van der Waals surface area (Å²) in [6, 6.07) is 1.44. The van der Waals surface area contributed by atoms with Crippen LogP contribution in [0.5, 0.6) is 0 Å². The van der Waals surface area contributed by atoms with Crippen molar-refractivity contribution in [2.45, 2.75) is 44.8 Å². The Hall–Kier alpha value is -1.82. The smallest absolute Gasteiger partial charge is 0.339 e. The van der Waals surface area contributed by atoms with Crippen LogP contribution in [0.2, 0.25) is 0 Å². The van der Waals surface area contributed by atoms with Gasteiger partial charge in [-0.3, -0.25) is 4.79 Å². The third kappa shape index (κ3) is 2.44. The zero-order valence-corrected chi connectivity index (χ0v) is 12.0. The van der Waals surface area contributed by atoms with Crippen molar-refractivity contribution in [3.05, 3.63) is 23.2 Å². The highest BCUT2D eigenvalue weighted by Gasteiger charge is 2.39. The van der Waals surface area contributed by atoms with E-state index in [-0.39, 0.29) is 29.4 Å². The summed E-state index contributed by atoms with van der Waals surface area (Å²) in [4.78, 5) is 25.6. The Morgan fingerprint density at radius 2 is 2.24 bits per heavy atom. The average molecular weight is 293 g/mol. The molecule has 2 atom stereocenters. The highest BCUT2D eigenvalue weighted by molar-refractivity contribution is 5.96. The Morgan fingerprint density at radius 3 is 2.90 bits per heavy atom. The fourth-order valence-electron chi connectivity index (χ4n) is 3.30. The van der Waals surface area contributed by atoms with Crippen molar-refractivity contribution in [1.82, 2.24) is 4.90 Å². The first-order valence-electron chi connectivity index (χ1n) is 7.40. The molecule has 2 aliphatic rings. The van der Waals surface area contributed by atoms with Gasteiger partial charge in [-0.2, -0.15) is 0 Å². The molecule has 2 unspecified atom stereocenters. The molecule has 3 rings (SSSR count). The molecule has 1 aliphatic heterocycles. The standard InChI is InChI=1S/C15H19NO5/c1-2-11-9(15(18)19)8-13(21-11)14(17)16-6-7-20-12-5-3-4-10(12)16/h8,10,12H,2-7H2,1H3,(H,18,19). The van der Waals surface area contributed by atoms with E-state index < -0.39 is 5.97 Å². The average Bonchev–Trinajstić information content (AvgIpc) is 3.12. The molecular formula is C15H19NO5. The lowest BCUT2D eigenvalue weighted by Gasteiger charge is -2.37. The molecule has 1 saturated heterocycles. The third-order valence-corrected chi connectivity index (χ3v) is 4.31. The number of hydrogen-bond donors (Lipinski definition) is 1. The van der Waals surface area contributed by atoms with E-state index in [1.807, 2.05) is 0 Å². The Morgan fingerprint density at radius 1 is 1.43 bits per heavy atom. The monoisotopic (exact) mass is 293 g/mol. The molecule has 1 aromatic rings. The maximum Gasteiger partial charge on any atom is 0.339 e. The van der Waals surface area contributed by atoms with Crippen LogP contribution in [-0.2, 0) is 11.2 Å². The maximum atomic E-state index is 12.6. The molecule has 1 N–H and O–H groups in total. The predicted octanol–water partition coefficient (Wildman–Crippen LogP) is 1.93. The quantitative estimate of drug-likeness (QED) is 0.921. The Labute approximate surface area is 122 Å². The van der Waals surface area contributed by atoms with Crippen molar-refractivity contribution in [3.63, 3.8) is 0 Å². The van der Waals surface area contributed by atoms with Crippen LogP contribution in [0.25, 0.3) is 0 Å². The molecule has 2 fully saturated rings. The van der Waals surface area contributed by atoms with E-state index in [1.165, 1.54) is 6.07 Å². The predicted molar refractivity (Wildman–Crippen MR) is 73.5 cm³/mol. The molecule has 6 heteroatoms. The number of carbonyl (C=O) groups is 2. The van der Waals surface area contributed by atoms with E-state index >= 15 is 0 Å². The number of carbonyl (C=O) groups excluding carboxylic acids is 1. The van der Waals surface area contributed by atoms with Gasteiger partial charge in [0, 0.05) is 19.0 Å². The van der Waals surface area contributed by atoms with E-state index in [2.05, 4.69) is 0 Å². The fraction of sp³-hybridized carbons (Fsp3) is 0.600. The highest BCUT2D eigenvalue weighted by atomic mass is 16.5. The molecule has 1 saturated carbocycles. The Bertz CT molecular complexity index is 564. The zero-order chi connectivity index (χ0) is 15.0. The molecular weight excluding hydrogens is 274 g/mol. The van der Waals surface area contributed by atoms with Crippen molar-refractivity contribution in [2.75, 3.05) is 13.2 Å². The number of ether oxygens (including phenoxy) is 1. The summed E-state index contributed by atoms with van der Waals surface area (Å²) in [6.45, 7) is 2.87. The molecule has 2 heterocycles. The largest absolute Gasteiger partial charge is 0.478 e. The summed E-state index contributed by atoms with van der Waals surface area (Å²) in [6.07, 6.45) is 3.53. The van der Waals surface area contributed by atoms with Crippen molar-refractivity contribution < 1.29 is 23.8 Å². The SMILES string of the molecule is CCc1oc(C(=O)N2CCOC3CCCC32)cc1C(=O)O. The minimum atomic E-state index is -1.06. The lowest BCUT2D eigenvalue weighted by Crippen LogP contribution is -2.51. The van der Waals surface area contributed by atoms with Gasteiger partial charge in [0.25, 0.3) is 5.91 Å². The van der Waals surface area contributed by atoms with Crippen LogP contribution in [0.3, 0.4) is 0 Å². The molecule has 0 spiro atoms. The molecule has 0 radical (unpaired) electrons. The number of hydrogen-bond acceptors (Lipinski definition) is 4. The van der Waals surface area contributed by atoms with E-state index in [0.717, 1.165) is 19.3 Å². The van der Waals surface area contributed by atoms with E-state index in [4.69, 9.17) is 14.3 Å². The summed E-state index contributed by atoms with van der Waals surface area (Å²) < 4.78 is 11.2. The van der Waals surface area contributed by atoms with Gasteiger partial charge in [0.15, 0.2) is 5.76 Å². The number of carboxylic acids is 1. The summed E-state index contributed by atoms with van der Waals surface area (Å²) in [5.41, 5.74) is 0.0806. The van der Waals surface area contributed by atoms with Gasteiger partial charge in [-0.25, -0.2) is 4.79 Å². The number of nitrogens with zero attached hydrogens (tertiary/aromatic N) is 1. The van der Waals surface area contributed by atoms with Crippen molar-refractivity contribution >= 4 is 11.9 Å². The molecule has 1 aliphatic carbocycles. The van der Waals surface area contributed by atoms with Gasteiger partial charge in [-0.1, -0.05) is 6.92 Å². The lowest BCUT2D eigenvalue weighted by atomic mass is 10.1. The maximum absolute atomic E-state index is 12.6. The second-order valence-corrected chi connectivity index (χ2v) is 5.51. The van der Waals surface area contributed by atoms with E-state index in [9.17, 15) is 9.59 Å². The van der Waals surface area contributed by atoms with Crippen LogP contribution in [0.4, 0.5) is 0 Å². The Kier molecular flexibility index (Phi) is 3.71. The second-order valence-electron chi connectivity index (χ2n) is 5.51. The molecule has 0 bridgehead atoms. The summed E-state index contributed by atoms with van der Waals surface area (Å²) in [5.74, 6) is -0.813. The van der Waals surface area contributed by atoms with Crippen molar-refractivity contribution in [2.24, 2.45) is 0 Å². The Balaban J connectivity index is 1.86. The number of fused-ring (bicyclic) bond motifs is 1. The normalized spacial score (nSPS) is 24.9. The minimum Gasteiger partial charge on any atom is -0.478 e. The van der Waals surface area contributed by atoms with Crippen molar-refractivity contribution in [3.8, 4) is 0 Å². The number of rotatable bonds is 3. The number of carboxylic acid groups (broad SMARTS) is 1. The van der Waals surface area contributed by atoms with Gasteiger partial charge in [0.1, 0.15) is 11.3 Å². The summed E-state index contributed by atoms with van der Waals surface area (Å²) in [5, 5.41) is 9.15. The van der Waals surface area contributed by atoms with Gasteiger partial charge in [0.05, 0.1) is 18.8 Å². The van der Waals surface area contributed by atoms with Gasteiger partial charge >= 0.3 is 5.97 Å². The first-order chi connectivity index (χ1) is 10.1. The molecule has 114 valence electrons. The number of furan rings is 1. The van der Waals surface area contributed by atoms with Crippen LogP contribution in [-0.4, -0.2) is 47.2 Å². The van der Waals surface area contributed by atoms with Crippen LogP contribution in [0.15, 0.2) is 10.5 Å². The minimum absolute atomic E-state index is 0.0806. The van der Waals surface area contributed by atoms with Gasteiger partial charge in [-0.15, -0.1) is 0 Å². The lowest BCUT2D eigenvalue weighted by molar-refractivity contribution is -0.0454. The van der Waals surface area contributed by atoms with Gasteiger partial charge in [-0.05, 0) is 19.3 Å². The first kappa shape index (κ1) is 14.1. The van der Waals surface area contributed by atoms with E-state index in [0.29, 0.717) is 25.3 Å². The van der Waals surface area contributed by atoms with Gasteiger partial charge in [0.2, 0.25) is 0 Å². The first-order valence-corrected chi connectivity index (χ1v) is 7.40. The number of amides is 1. The van der Waals surface area contributed by atoms with E-state index in [1.54, 1.807) is 11.8 Å². The fourth-order valence-corrected chi connectivity index (χ4v) is 3.30. The van der Waals surface area contributed by atoms with Crippen LogP contribution in [0.1, 0.15) is 52.9 Å². The second kappa shape index (κ2) is 5.52. The molecule has 1 aromatic heterocycles. The zero-order valence-electron chi connectivity index (χ0n) is 12.0. The topological polar surface area (TPSA) is 80.0 Å². The molecule has 0 aromatic carbocycles. The van der Waals surface area contributed by atoms with Crippen LogP contribution < -0.4 is 0 Å². The third-order valence-electron chi connectivity index (χ3n) is 4.31. The van der Waals surface area contributed by atoms with Gasteiger partial charge < -0.3 is 19.2 Å². The summed E-state index contributed by atoms with van der Waals surface area (Å²) in [7, 11) is 0. The van der Waals surface area contributed by atoms with Crippen LogP contribution in [0, 0.1) is 0 Å². The molecule has 6 nitrogen and oxygen atoms in total. The number of morpholine rings is 1. The number of aryl methyl sites for hydroxylation is 1. The summed E-state index contributed by atoms with van der Waals surface area (Å²) >= 11 is 0. The molecule has 1 amide bonds. The number of aromatic carboxylic acids is 1. The van der Waals surface area contributed by atoms with Crippen molar-refractivity contribution in [1.29, 1.82) is 0 Å². The van der Waals surface area contributed by atoms with Crippen LogP contribution >= 0.6 is 0 Å².